The van der Waals surface area contributed by atoms with Gasteiger partial charge >= 0.3 is 0 Å². The summed E-state index contributed by atoms with van der Waals surface area (Å²) in [5.74, 6) is 1.50. The third-order valence-corrected chi connectivity index (χ3v) is 3.24. The Hall–Kier alpha value is -0.530. The molecule has 0 aromatic heterocycles. The van der Waals surface area contributed by atoms with Crippen LogP contribution in [0.2, 0.25) is 0 Å². The van der Waals surface area contributed by atoms with E-state index in [-0.39, 0.29) is 0 Å². The molecule has 0 saturated heterocycles. The Morgan fingerprint density at radius 1 is 1.18 bits per heavy atom. The first-order chi connectivity index (χ1) is 5.42. The largest absolute Gasteiger partial charge is 0.411 e. The Morgan fingerprint density at radius 3 is 2.82 bits per heavy atom. The summed E-state index contributed by atoms with van der Waals surface area (Å²) in [7, 11) is 0. The van der Waals surface area contributed by atoms with E-state index in [4.69, 9.17) is 5.21 Å². The molecule has 0 heterocycles. The van der Waals surface area contributed by atoms with Crippen LogP contribution >= 0.6 is 0 Å². The van der Waals surface area contributed by atoms with Crippen LogP contribution in [0.15, 0.2) is 5.16 Å². The molecule has 2 nitrogen and oxygen atoms in total. The Morgan fingerprint density at radius 2 is 2.00 bits per heavy atom. The van der Waals surface area contributed by atoms with Gasteiger partial charge in [0.05, 0.1) is 5.71 Å². The van der Waals surface area contributed by atoms with Crippen molar-refractivity contribution >= 4 is 5.71 Å². The molecule has 1 N–H and O–H groups in total. The minimum Gasteiger partial charge on any atom is -0.411 e. The van der Waals surface area contributed by atoms with Gasteiger partial charge in [-0.3, -0.25) is 0 Å². The smallest absolute Gasteiger partial charge is 0.0604 e. The molecule has 0 aliphatic heterocycles. The molecule has 62 valence electrons. The average Bonchev–Trinajstić information content (AvgIpc) is 2.47. The van der Waals surface area contributed by atoms with E-state index in [0.29, 0.717) is 5.92 Å². The predicted octanol–water partition coefficient (Wildman–Crippen LogP) is 2.42. The maximum atomic E-state index is 8.69. The molecule has 0 aromatic rings. The molecule has 2 heteroatoms. The Kier molecular flexibility index (Phi) is 1.84. The summed E-state index contributed by atoms with van der Waals surface area (Å²) in [6.07, 6.45) is 7.67. The maximum absolute atomic E-state index is 8.69. The highest BCUT2D eigenvalue weighted by molar-refractivity contribution is 5.88. The Labute approximate surface area is 67.3 Å². The molecule has 2 fully saturated rings. The van der Waals surface area contributed by atoms with Gasteiger partial charge in [-0.25, -0.2) is 0 Å². The second-order valence-electron chi connectivity index (χ2n) is 3.78. The summed E-state index contributed by atoms with van der Waals surface area (Å²) in [6, 6.07) is 0. The zero-order chi connectivity index (χ0) is 7.68. The van der Waals surface area contributed by atoms with Crippen LogP contribution in [0.4, 0.5) is 0 Å². The molecule has 2 atom stereocenters. The minimum atomic E-state index is 0.647. The van der Waals surface area contributed by atoms with Crippen molar-refractivity contribution in [3.63, 3.8) is 0 Å². The van der Waals surface area contributed by atoms with Crippen molar-refractivity contribution in [1.82, 2.24) is 0 Å². The van der Waals surface area contributed by atoms with Crippen molar-refractivity contribution in [3.8, 4) is 0 Å². The van der Waals surface area contributed by atoms with Crippen LogP contribution in [0.25, 0.3) is 0 Å². The lowest BCUT2D eigenvalue weighted by Gasteiger charge is -2.24. The summed E-state index contributed by atoms with van der Waals surface area (Å²) < 4.78 is 0. The first-order valence-corrected chi connectivity index (χ1v) is 4.62. The van der Waals surface area contributed by atoms with Crippen molar-refractivity contribution in [3.05, 3.63) is 0 Å². The van der Waals surface area contributed by atoms with Crippen LogP contribution in [0.3, 0.4) is 0 Å². The number of hydrogen-bond acceptors (Lipinski definition) is 2. The van der Waals surface area contributed by atoms with Gasteiger partial charge in [-0.15, -0.1) is 0 Å². The van der Waals surface area contributed by atoms with Crippen molar-refractivity contribution in [1.29, 1.82) is 0 Å². The van der Waals surface area contributed by atoms with E-state index < -0.39 is 0 Å². The molecule has 2 aliphatic carbocycles. The van der Waals surface area contributed by atoms with Gasteiger partial charge in [-0.05, 0) is 31.6 Å². The van der Waals surface area contributed by atoms with E-state index in [0.717, 1.165) is 18.1 Å². The topological polar surface area (TPSA) is 32.6 Å². The zero-order valence-corrected chi connectivity index (χ0v) is 6.79. The molecule has 0 aromatic carbocycles. The molecule has 2 aliphatic rings. The highest BCUT2D eigenvalue weighted by atomic mass is 16.4. The zero-order valence-electron chi connectivity index (χ0n) is 6.79. The minimum absolute atomic E-state index is 0.647. The van der Waals surface area contributed by atoms with Gasteiger partial charge in [0.15, 0.2) is 0 Å². The molecule has 0 amide bonds. The van der Waals surface area contributed by atoms with Gasteiger partial charge < -0.3 is 5.21 Å². The maximum Gasteiger partial charge on any atom is 0.0604 e. The predicted molar refractivity (Wildman–Crippen MR) is 43.9 cm³/mol. The van der Waals surface area contributed by atoms with Crippen molar-refractivity contribution in [2.24, 2.45) is 17.0 Å². The lowest BCUT2D eigenvalue weighted by atomic mass is 9.81. The number of hydrogen-bond donors (Lipinski definition) is 1. The number of oxime groups is 1. The first kappa shape index (κ1) is 7.14. The van der Waals surface area contributed by atoms with E-state index in [1.54, 1.807) is 0 Å². The van der Waals surface area contributed by atoms with Crippen molar-refractivity contribution in [2.75, 3.05) is 0 Å². The molecule has 0 radical (unpaired) electrons. The summed E-state index contributed by atoms with van der Waals surface area (Å²) in [4.78, 5) is 0. The van der Waals surface area contributed by atoms with E-state index in [1.807, 2.05) is 0 Å². The van der Waals surface area contributed by atoms with Crippen LogP contribution in [0.1, 0.15) is 38.5 Å². The highest BCUT2D eigenvalue weighted by Crippen LogP contribution is 2.40. The van der Waals surface area contributed by atoms with E-state index >= 15 is 0 Å². The van der Waals surface area contributed by atoms with Gasteiger partial charge in [0.2, 0.25) is 0 Å². The van der Waals surface area contributed by atoms with Crippen LogP contribution in [-0.4, -0.2) is 10.9 Å². The molecule has 0 spiro atoms. The van der Waals surface area contributed by atoms with Crippen LogP contribution in [0.5, 0.6) is 0 Å². The summed E-state index contributed by atoms with van der Waals surface area (Å²) in [5.41, 5.74) is 1.08. The number of nitrogens with zero attached hydrogens (tertiary/aromatic N) is 1. The lowest BCUT2D eigenvalue weighted by molar-refractivity contribution is 0.294. The SMILES string of the molecule is ON=C1CC[C@H]2CCCC[C@H]12. The molecule has 2 rings (SSSR count). The van der Waals surface area contributed by atoms with Gasteiger partial charge in [-0.1, -0.05) is 18.0 Å². The average molecular weight is 153 g/mol. The molecular weight excluding hydrogens is 138 g/mol. The standard InChI is InChI=1S/C9H15NO/c11-10-9-6-5-7-3-1-2-4-8(7)9/h7-8,11H,1-6H2/t7-,8+/m1/s1. The third-order valence-electron chi connectivity index (χ3n) is 3.24. The summed E-state index contributed by atoms with van der Waals surface area (Å²) in [6.45, 7) is 0. The molecular formula is C9H15NO. The van der Waals surface area contributed by atoms with Gasteiger partial charge in [0.1, 0.15) is 0 Å². The monoisotopic (exact) mass is 153 g/mol. The summed E-state index contributed by atoms with van der Waals surface area (Å²) in [5, 5.41) is 12.1. The molecule has 0 bridgehead atoms. The molecule has 11 heavy (non-hydrogen) atoms. The second kappa shape index (κ2) is 2.84. The van der Waals surface area contributed by atoms with Gasteiger partial charge in [0, 0.05) is 5.92 Å². The van der Waals surface area contributed by atoms with Gasteiger partial charge in [-0.2, -0.15) is 0 Å². The highest BCUT2D eigenvalue weighted by Gasteiger charge is 2.34. The second-order valence-corrected chi connectivity index (χ2v) is 3.78. The lowest BCUT2D eigenvalue weighted by Crippen LogP contribution is -2.18. The Bertz CT molecular complexity index is 176. The number of rotatable bonds is 0. The fourth-order valence-electron chi connectivity index (χ4n) is 2.63. The molecule has 2 saturated carbocycles. The van der Waals surface area contributed by atoms with Crippen molar-refractivity contribution < 1.29 is 5.21 Å². The van der Waals surface area contributed by atoms with Crippen LogP contribution < -0.4 is 0 Å². The van der Waals surface area contributed by atoms with E-state index in [2.05, 4.69) is 5.16 Å². The quantitative estimate of drug-likeness (QED) is 0.420. The van der Waals surface area contributed by atoms with Crippen LogP contribution in [-0.2, 0) is 0 Å². The van der Waals surface area contributed by atoms with E-state index in [1.165, 1.54) is 32.1 Å². The normalized spacial score (nSPS) is 40.9. The molecule has 0 unspecified atom stereocenters. The number of fused-ring (bicyclic) bond motifs is 1. The first-order valence-electron chi connectivity index (χ1n) is 4.62. The van der Waals surface area contributed by atoms with Gasteiger partial charge in [0.25, 0.3) is 0 Å². The third kappa shape index (κ3) is 1.15. The Balaban J connectivity index is 2.10. The fourth-order valence-corrected chi connectivity index (χ4v) is 2.63. The van der Waals surface area contributed by atoms with Crippen molar-refractivity contribution in [2.45, 2.75) is 38.5 Å². The van der Waals surface area contributed by atoms with Crippen LogP contribution in [0, 0.1) is 11.8 Å². The fraction of sp³-hybridized carbons (Fsp3) is 0.889. The van der Waals surface area contributed by atoms with E-state index in [9.17, 15) is 0 Å². The summed E-state index contributed by atoms with van der Waals surface area (Å²) >= 11 is 0.